The summed E-state index contributed by atoms with van der Waals surface area (Å²) in [5.74, 6) is -0.649. The van der Waals surface area contributed by atoms with Crippen LogP contribution in [0.1, 0.15) is 5.56 Å². The minimum atomic E-state index is -0.420. The Morgan fingerprint density at radius 2 is 1.72 bits per heavy atom. The number of carbonyl (C=O) groups excluding carboxylic acids is 1. The van der Waals surface area contributed by atoms with Crippen LogP contribution in [-0.2, 0) is 4.79 Å². The number of halogens is 1. The van der Waals surface area contributed by atoms with Crippen LogP contribution in [-0.4, -0.2) is 11.1 Å². The highest BCUT2D eigenvalue weighted by molar-refractivity contribution is 8.18. The number of hydrogen-bond donors (Lipinski definition) is 1. The Morgan fingerprint density at radius 3 is 2.60 bits per heavy atom. The van der Waals surface area contributed by atoms with E-state index in [-0.39, 0.29) is 11.6 Å². The molecular weight excluding hydrogens is 335 g/mol. The third-order valence-corrected chi connectivity index (χ3v) is 4.75. The number of hydrogen-bond acceptors (Lipinski definition) is 3. The molecule has 0 atom stereocenters. The number of nitrogens with one attached hydrogen (secondary N) is 1. The van der Waals surface area contributed by atoms with Crippen molar-refractivity contribution in [3.63, 3.8) is 0 Å². The van der Waals surface area contributed by atoms with E-state index in [2.05, 4.69) is 10.3 Å². The molecule has 0 radical (unpaired) electrons. The average molecular weight is 348 g/mol. The van der Waals surface area contributed by atoms with Crippen molar-refractivity contribution in [3.05, 3.63) is 83.0 Å². The monoisotopic (exact) mass is 348 g/mol. The van der Waals surface area contributed by atoms with E-state index >= 15 is 0 Å². The van der Waals surface area contributed by atoms with Gasteiger partial charge in [-0.3, -0.25) is 4.79 Å². The summed E-state index contributed by atoms with van der Waals surface area (Å²) in [5.41, 5.74) is 1.17. The average Bonchev–Trinajstić information content (AvgIpc) is 2.97. The molecule has 1 aliphatic heterocycles. The minimum Gasteiger partial charge on any atom is -0.300 e. The lowest BCUT2D eigenvalue weighted by molar-refractivity contribution is -0.115. The van der Waals surface area contributed by atoms with E-state index in [9.17, 15) is 9.18 Å². The number of amidine groups is 1. The van der Waals surface area contributed by atoms with Gasteiger partial charge in [0.15, 0.2) is 5.17 Å². The van der Waals surface area contributed by atoms with Gasteiger partial charge in [0.2, 0.25) is 0 Å². The zero-order valence-corrected chi connectivity index (χ0v) is 13.9. The standard InChI is InChI=1S/C20H13FN2OS/c21-16-10-3-4-11-17(16)22-20-23-19(24)18(25-20)12-14-8-5-7-13-6-1-2-9-15(13)14/h1-12H,(H,22,23,24)/b18-12+. The Morgan fingerprint density at radius 1 is 0.960 bits per heavy atom. The molecule has 1 saturated heterocycles. The quantitative estimate of drug-likeness (QED) is 0.671. The normalized spacial score (nSPS) is 17.4. The molecule has 0 aliphatic carbocycles. The third-order valence-electron chi connectivity index (χ3n) is 3.84. The lowest BCUT2D eigenvalue weighted by atomic mass is 10.0. The molecule has 122 valence electrons. The van der Waals surface area contributed by atoms with E-state index in [1.54, 1.807) is 18.2 Å². The molecule has 0 spiro atoms. The molecule has 3 aromatic rings. The highest BCUT2D eigenvalue weighted by Gasteiger charge is 2.24. The van der Waals surface area contributed by atoms with Crippen molar-refractivity contribution in [2.45, 2.75) is 0 Å². The Labute approximate surface area is 148 Å². The lowest BCUT2D eigenvalue weighted by Crippen LogP contribution is -2.19. The van der Waals surface area contributed by atoms with Crippen molar-refractivity contribution in [1.82, 2.24) is 5.32 Å². The zero-order chi connectivity index (χ0) is 17.2. The molecule has 0 bridgehead atoms. The summed E-state index contributed by atoms with van der Waals surface area (Å²) in [6.07, 6.45) is 1.84. The van der Waals surface area contributed by atoms with Crippen LogP contribution in [0.4, 0.5) is 10.1 Å². The van der Waals surface area contributed by atoms with Gasteiger partial charge in [0.1, 0.15) is 11.5 Å². The molecule has 25 heavy (non-hydrogen) atoms. The van der Waals surface area contributed by atoms with E-state index < -0.39 is 5.82 Å². The fourth-order valence-corrected chi connectivity index (χ4v) is 3.48. The molecule has 1 N–H and O–H groups in total. The van der Waals surface area contributed by atoms with Crippen molar-refractivity contribution < 1.29 is 9.18 Å². The van der Waals surface area contributed by atoms with Crippen LogP contribution in [0.25, 0.3) is 16.8 Å². The summed E-state index contributed by atoms with van der Waals surface area (Å²) < 4.78 is 13.7. The van der Waals surface area contributed by atoms with Crippen molar-refractivity contribution in [2.75, 3.05) is 0 Å². The SMILES string of the molecule is O=C1NC(=Nc2ccccc2F)S/C1=C/c1cccc2ccccc12. The van der Waals surface area contributed by atoms with Crippen molar-refractivity contribution in [3.8, 4) is 0 Å². The van der Waals surface area contributed by atoms with Gasteiger partial charge < -0.3 is 5.32 Å². The Balaban J connectivity index is 1.69. The van der Waals surface area contributed by atoms with E-state index in [1.165, 1.54) is 17.8 Å². The number of benzene rings is 3. The number of fused-ring (bicyclic) bond motifs is 1. The van der Waals surface area contributed by atoms with Crippen LogP contribution in [0.15, 0.2) is 76.6 Å². The second kappa shape index (κ2) is 6.53. The molecule has 0 unspecified atom stereocenters. The van der Waals surface area contributed by atoms with Gasteiger partial charge in [0.05, 0.1) is 4.91 Å². The smallest absolute Gasteiger partial charge is 0.264 e. The molecular formula is C20H13FN2OS. The predicted molar refractivity (Wildman–Crippen MR) is 101 cm³/mol. The first-order valence-electron chi connectivity index (χ1n) is 7.72. The predicted octanol–water partition coefficient (Wildman–Crippen LogP) is 4.87. The number of amides is 1. The molecule has 1 aliphatic rings. The number of nitrogens with zero attached hydrogens (tertiary/aromatic N) is 1. The Hall–Kier alpha value is -2.92. The van der Waals surface area contributed by atoms with Gasteiger partial charge in [0.25, 0.3) is 5.91 Å². The summed E-state index contributed by atoms with van der Waals surface area (Å²) >= 11 is 1.21. The van der Waals surface area contributed by atoms with Gasteiger partial charge in [0, 0.05) is 0 Å². The number of aliphatic imine (C=N–C) groups is 1. The maximum Gasteiger partial charge on any atom is 0.264 e. The first kappa shape index (κ1) is 15.6. The van der Waals surface area contributed by atoms with Gasteiger partial charge in [-0.05, 0) is 46.3 Å². The largest absolute Gasteiger partial charge is 0.300 e. The van der Waals surface area contributed by atoms with Gasteiger partial charge in [-0.15, -0.1) is 0 Å². The van der Waals surface area contributed by atoms with Crippen LogP contribution in [0.5, 0.6) is 0 Å². The Bertz CT molecular complexity index is 1040. The topological polar surface area (TPSA) is 41.5 Å². The van der Waals surface area contributed by atoms with Gasteiger partial charge in [-0.25, -0.2) is 9.38 Å². The molecule has 4 rings (SSSR count). The second-order valence-corrected chi connectivity index (χ2v) is 6.53. The highest BCUT2D eigenvalue weighted by atomic mass is 32.2. The number of para-hydroxylation sites is 1. The number of rotatable bonds is 2. The number of carbonyl (C=O) groups is 1. The van der Waals surface area contributed by atoms with E-state index in [1.807, 2.05) is 48.5 Å². The van der Waals surface area contributed by atoms with Gasteiger partial charge in [-0.1, -0.05) is 54.6 Å². The third kappa shape index (κ3) is 3.19. The molecule has 3 aromatic carbocycles. The summed E-state index contributed by atoms with van der Waals surface area (Å²) in [5, 5.41) is 5.25. The minimum absolute atomic E-state index is 0.205. The summed E-state index contributed by atoms with van der Waals surface area (Å²) in [7, 11) is 0. The van der Waals surface area contributed by atoms with Crippen molar-refractivity contribution in [2.24, 2.45) is 4.99 Å². The van der Waals surface area contributed by atoms with Crippen LogP contribution >= 0.6 is 11.8 Å². The van der Waals surface area contributed by atoms with Crippen LogP contribution < -0.4 is 5.32 Å². The highest BCUT2D eigenvalue weighted by Crippen LogP contribution is 2.30. The number of thioether (sulfide) groups is 1. The fraction of sp³-hybridized carbons (Fsp3) is 0. The molecule has 0 saturated carbocycles. The molecule has 3 nitrogen and oxygen atoms in total. The molecule has 5 heteroatoms. The van der Waals surface area contributed by atoms with Crippen LogP contribution in [0.2, 0.25) is 0 Å². The summed E-state index contributed by atoms with van der Waals surface area (Å²) in [6.45, 7) is 0. The lowest BCUT2D eigenvalue weighted by Gasteiger charge is -2.02. The maximum absolute atomic E-state index is 13.7. The van der Waals surface area contributed by atoms with E-state index in [4.69, 9.17) is 0 Å². The van der Waals surface area contributed by atoms with E-state index in [0.29, 0.717) is 10.1 Å². The zero-order valence-electron chi connectivity index (χ0n) is 13.1. The second-order valence-electron chi connectivity index (χ2n) is 5.50. The van der Waals surface area contributed by atoms with Crippen LogP contribution in [0.3, 0.4) is 0 Å². The first-order chi connectivity index (χ1) is 12.2. The van der Waals surface area contributed by atoms with Gasteiger partial charge in [-0.2, -0.15) is 0 Å². The maximum atomic E-state index is 13.7. The summed E-state index contributed by atoms with van der Waals surface area (Å²) in [4.78, 5) is 17.0. The fourth-order valence-electron chi connectivity index (χ4n) is 2.65. The van der Waals surface area contributed by atoms with Gasteiger partial charge >= 0.3 is 0 Å². The molecule has 0 aromatic heterocycles. The molecule has 1 heterocycles. The van der Waals surface area contributed by atoms with E-state index in [0.717, 1.165) is 16.3 Å². The van der Waals surface area contributed by atoms with Crippen molar-refractivity contribution in [1.29, 1.82) is 0 Å². The first-order valence-corrected chi connectivity index (χ1v) is 8.54. The van der Waals surface area contributed by atoms with Crippen molar-refractivity contribution >= 4 is 45.4 Å². The van der Waals surface area contributed by atoms with Crippen LogP contribution in [0, 0.1) is 5.82 Å². The molecule has 1 fully saturated rings. The molecule has 1 amide bonds. The Kier molecular flexibility index (Phi) is 4.07. The summed E-state index contributed by atoms with van der Waals surface area (Å²) in [6, 6.07) is 20.2.